The van der Waals surface area contributed by atoms with Gasteiger partial charge in [0, 0.05) is 6.42 Å². The molecular formula is C7H11F2N. The van der Waals surface area contributed by atoms with Crippen molar-refractivity contribution >= 4 is 0 Å². The van der Waals surface area contributed by atoms with Gasteiger partial charge in [-0.2, -0.15) is 0 Å². The van der Waals surface area contributed by atoms with Crippen molar-refractivity contribution < 1.29 is 8.78 Å². The van der Waals surface area contributed by atoms with Crippen molar-refractivity contribution in [3.05, 3.63) is 0 Å². The van der Waals surface area contributed by atoms with Crippen molar-refractivity contribution in [2.45, 2.75) is 37.1 Å². The van der Waals surface area contributed by atoms with E-state index in [2.05, 4.69) is 0 Å². The van der Waals surface area contributed by atoms with Crippen molar-refractivity contribution in [3.63, 3.8) is 0 Å². The molecule has 0 bridgehead atoms. The second-order valence-electron chi connectivity index (χ2n) is 3.68. The summed E-state index contributed by atoms with van der Waals surface area (Å²) >= 11 is 0. The maximum atomic E-state index is 12.4. The Balaban J connectivity index is 1.92. The third kappa shape index (κ3) is 0.839. The summed E-state index contributed by atoms with van der Waals surface area (Å²) in [5.41, 5.74) is 4.31. The summed E-state index contributed by atoms with van der Waals surface area (Å²) in [5, 5.41) is 0. The first-order chi connectivity index (χ1) is 4.54. The van der Waals surface area contributed by atoms with Gasteiger partial charge in [0.25, 0.3) is 5.92 Å². The summed E-state index contributed by atoms with van der Waals surface area (Å²) in [5.74, 6) is -2.03. The van der Waals surface area contributed by atoms with Crippen LogP contribution in [0.2, 0.25) is 0 Å². The fourth-order valence-corrected chi connectivity index (χ4v) is 1.41. The molecule has 2 aliphatic rings. The van der Waals surface area contributed by atoms with Crippen LogP contribution in [0.25, 0.3) is 0 Å². The molecule has 3 heteroatoms. The Labute approximate surface area is 58.6 Å². The minimum atomic E-state index is -2.55. The monoisotopic (exact) mass is 147 g/mol. The first-order valence-electron chi connectivity index (χ1n) is 3.70. The number of hydrogen-bond acceptors (Lipinski definition) is 1. The molecule has 2 rings (SSSR count). The Morgan fingerprint density at radius 1 is 1.40 bits per heavy atom. The van der Waals surface area contributed by atoms with Crippen LogP contribution in [0.5, 0.6) is 0 Å². The van der Waals surface area contributed by atoms with E-state index in [0.717, 1.165) is 12.8 Å². The first kappa shape index (κ1) is 6.53. The molecule has 1 unspecified atom stereocenters. The maximum absolute atomic E-state index is 12.4. The molecule has 2 N–H and O–H groups in total. The van der Waals surface area contributed by atoms with E-state index in [-0.39, 0.29) is 6.42 Å². The highest BCUT2D eigenvalue weighted by atomic mass is 19.3. The van der Waals surface area contributed by atoms with Gasteiger partial charge >= 0.3 is 0 Å². The van der Waals surface area contributed by atoms with Crippen LogP contribution in [0, 0.1) is 5.92 Å². The summed E-state index contributed by atoms with van der Waals surface area (Å²) in [6.07, 6.45) is 2.67. The number of nitrogens with two attached hydrogens (primary N) is 1. The molecule has 2 aliphatic carbocycles. The van der Waals surface area contributed by atoms with Crippen molar-refractivity contribution in [1.29, 1.82) is 0 Å². The minimum absolute atomic E-state index is 0.0868. The smallest absolute Gasteiger partial charge is 0.267 e. The predicted octanol–water partition coefficient (Wildman–Crippen LogP) is 1.52. The van der Waals surface area contributed by atoms with Crippen LogP contribution in [0.3, 0.4) is 0 Å². The van der Waals surface area contributed by atoms with Crippen LogP contribution in [0.1, 0.15) is 25.7 Å². The Bertz CT molecular complexity index is 165. The SMILES string of the molecule is NC1(CC2CC2)CC1(F)F. The largest absolute Gasteiger partial charge is 0.320 e. The van der Waals surface area contributed by atoms with Crippen molar-refractivity contribution in [1.82, 2.24) is 0 Å². The Kier molecular flexibility index (Phi) is 0.994. The molecule has 58 valence electrons. The zero-order valence-electron chi connectivity index (χ0n) is 5.74. The predicted molar refractivity (Wildman–Crippen MR) is 33.8 cm³/mol. The highest BCUT2D eigenvalue weighted by Gasteiger charge is 2.69. The third-order valence-corrected chi connectivity index (χ3v) is 2.49. The average molecular weight is 147 g/mol. The molecular weight excluding hydrogens is 136 g/mol. The van der Waals surface area contributed by atoms with E-state index in [1.54, 1.807) is 0 Å². The fraction of sp³-hybridized carbons (Fsp3) is 1.00. The van der Waals surface area contributed by atoms with Gasteiger partial charge in [0.2, 0.25) is 0 Å². The molecule has 1 atom stereocenters. The molecule has 10 heavy (non-hydrogen) atoms. The highest BCUT2D eigenvalue weighted by Crippen LogP contribution is 2.56. The summed E-state index contributed by atoms with van der Waals surface area (Å²) < 4.78 is 24.9. The summed E-state index contributed by atoms with van der Waals surface area (Å²) in [6, 6.07) is 0. The number of hydrogen-bond donors (Lipinski definition) is 1. The normalized spacial score (nSPS) is 43.5. The van der Waals surface area contributed by atoms with Crippen LogP contribution < -0.4 is 5.73 Å². The van der Waals surface area contributed by atoms with Gasteiger partial charge in [0.05, 0.1) is 5.54 Å². The molecule has 2 saturated carbocycles. The van der Waals surface area contributed by atoms with Gasteiger partial charge in [-0.3, -0.25) is 0 Å². The zero-order chi connectivity index (χ0) is 7.41. The Morgan fingerprint density at radius 3 is 2.20 bits per heavy atom. The van der Waals surface area contributed by atoms with Crippen molar-refractivity contribution in [2.75, 3.05) is 0 Å². The number of halogens is 2. The molecule has 0 heterocycles. The van der Waals surface area contributed by atoms with Crippen LogP contribution in [0.15, 0.2) is 0 Å². The molecule has 0 aromatic heterocycles. The number of rotatable bonds is 2. The van der Waals surface area contributed by atoms with Crippen LogP contribution in [-0.2, 0) is 0 Å². The molecule has 0 saturated heterocycles. The van der Waals surface area contributed by atoms with E-state index in [1.807, 2.05) is 0 Å². The van der Waals surface area contributed by atoms with Gasteiger partial charge in [-0.15, -0.1) is 0 Å². The van der Waals surface area contributed by atoms with Gasteiger partial charge in [-0.25, -0.2) is 8.78 Å². The first-order valence-corrected chi connectivity index (χ1v) is 3.70. The van der Waals surface area contributed by atoms with Crippen LogP contribution in [0.4, 0.5) is 8.78 Å². The van der Waals surface area contributed by atoms with Gasteiger partial charge in [-0.1, -0.05) is 12.8 Å². The molecule has 0 radical (unpaired) electrons. The van der Waals surface area contributed by atoms with E-state index in [9.17, 15) is 8.78 Å². The lowest BCUT2D eigenvalue weighted by atomic mass is 10.1. The van der Waals surface area contributed by atoms with E-state index in [1.165, 1.54) is 0 Å². The molecule has 0 amide bonds. The summed E-state index contributed by atoms with van der Waals surface area (Å²) in [4.78, 5) is 0. The number of alkyl halides is 2. The van der Waals surface area contributed by atoms with Crippen molar-refractivity contribution in [3.8, 4) is 0 Å². The maximum Gasteiger partial charge on any atom is 0.267 e. The van der Waals surface area contributed by atoms with Gasteiger partial charge in [-0.05, 0) is 12.3 Å². The third-order valence-electron chi connectivity index (χ3n) is 2.49. The molecule has 2 fully saturated rings. The van der Waals surface area contributed by atoms with E-state index in [4.69, 9.17) is 5.73 Å². The Hall–Kier alpha value is -0.180. The van der Waals surface area contributed by atoms with Crippen molar-refractivity contribution in [2.24, 2.45) is 11.7 Å². The van der Waals surface area contributed by atoms with E-state index >= 15 is 0 Å². The average Bonchev–Trinajstić information content (AvgIpc) is 2.54. The Morgan fingerprint density at radius 2 is 1.90 bits per heavy atom. The summed E-state index contributed by atoms with van der Waals surface area (Å²) in [6.45, 7) is 0. The topological polar surface area (TPSA) is 26.0 Å². The summed E-state index contributed by atoms with van der Waals surface area (Å²) in [7, 11) is 0. The van der Waals surface area contributed by atoms with E-state index < -0.39 is 11.5 Å². The lowest BCUT2D eigenvalue weighted by Gasteiger charge is -2.07. The second kappa shape index (κ2) is 1.52. The fourth-order valence-electron chi connectivity index (χ4n) is 1.41. The lowest BCUT2D eigenvalue weighted by molar-refractivity contribution is 0.0857. The van der Waals surface area contributed by atoms with E-state index in [0.29, 0.717) is 12.3 Å². The van der Waals surface area contributed by atoms with Gasteiger partial charge < -0.3 is 5.73 Å². The zero-order valence-corrected chi connectivity index (χ0v) is 5.74. The molecule has 0 aromatic rings. The molecule has 0 spiro atoms. The molecule has 0 aromatic carbocycles. The lowest BCUT2D eigenvalue weighted by Crippen LogP contribution is -2.30. The van der Waals surface area contributed by atoms with Gasteiger partial charge in [0.1, 0.15) is 0 Å². The standard InChI is InChI=1S/C7H11F2N/c8-7(9)4-6(7,10)3-5-1-2-5/h5H,1-4,10H2. The highest BCUT2D eigenvalue weighted by molar-refractivity contribution is 5.17. The van der Waals surface area contributed by atoms with Gasteiger partial charge in [0.15, 0.2) is 0 Å². The second-order valence-corrected chi connectivity index (χ2v) is 3.68. The van der Waals surface area contributed by atoms with Crippen LogP contribution >= 0.6 is 0 Å². The molecule has 0 aliphatic heterocycles. The van der Waals surface area contributed by atoms with Crippen LogP contribution in [-0.4, -0.2) is 11.5 Å². The minimum Gasteiger partial charge on any atom is -0.320 e. The quantitative estimate of drug-likeness (QED) is 0.629. The molecule has 1 nitrogen and oxygen atoms in total.